The van der Waals surface area contributed by atoms with Crippen LogP contribution in [0.15, 0.2) is 53.5 Å². The van der Waals surface area contributed by atoms with E-state index in [1.807, 2.05) is 37.3 Å². The minimum absolute atomic E-state index is 0.00207. The molecule has 0 spiro atoms. The van der Waals surface area contributed by atoms with E-state index in [4.69, 9.17) is 4.74 Å². The van der Waals surface area contributed by atoms with Crippen molar-refractivity contribution in [3.63, 3.8) is 0 Å². The molecule has 2 aromatic heterocycles. The van der Waals surface area contributed by atoms with E-state index in [1.54, 1.807) is 12.3 Å². The van der Waals surface area contributed by atoms with Crippen LogP contribution in [0, 0.1) is 6.92 Å². The molecule has 7 heteroatoms. The molecule has 2 heterocycles. The zero-order valence-corrected chi connectivity index (χ0v) is 14.7. The maximum absolute atomic E-state index is 12.2. The molecular weight excluding hydrogens is 332 g/mol. The lowest BCUT2D eigenvalue weighted by Crippen LogP contribution is -2.17. The van der Waals surface area contributed by atoms with Gasteiger partial charge >= 0.3 is 0 Å². The number of methoxy groups -OCH3 is 1. The number of pyridine rings is 1. The lowest BCUT2D eigenvalue weighted by atomic mass is 10.2. The molecule has 7 nitrogen and oxygen atoms in total. The van der Waals surface area contributed by atoms with Crippen molar-refractivity contribution in [2.75, 3.05) is 24.4 Å². The number of anilines is 2. The summed E-state index contributed by atoms with van der Waals surface area (Å²) in [5.41, 5.74) is 3.62. The fourth-order valence-electron chi connectivity index (χ4n) is 2.58. The first-order chi connectivity index (χ1) is 12.5. The first-order valence-corrected chi connectivity index (χ1v) is 8.17. The Balaban J connectivity index is 1.73. The van der Waals surface area contributed by atoms with E-state index in [0.717, 1.165) is 11.3 Å². The summed E-state index contributed by atoms with van der Waals surface area (Å²) >= 11 is 0. The Morgan fingerprint density at radius 3 is 2.81 bits per heavy atom. The lowest BCUT2D eigenvalue weighted by molar-refractivity contribution is -0.119. The van der Waals surface area contributed by atoms with Gasteiger partial charge in [0.1, 0.15) is 12.3 Å². The Bertz CT molecular complexity index is 997. The number of ether oxygens (including phenoxy) is 1. The maximum atomic E-state index is 12.2. The molecule has 3 rings (SSSR count). The summed E-state index contributed by atoms with van der Waals surface area (Å²) < 4.78 is 6.33. The van der Waals surface area contributed by atoms with Crippen molar-refractivity contribution in [2.45, 2.75) is 13.5 Å². The van der Waals surface area contributed by atoms with Gasteiger partial charge in [-0.2, -0.15) is 0 Å². The third kappa shape index (κ3) is 4.25. The first-order valence-electron chi connectivity index (χ1n) is 8.17. The summed E-state index contributed by atoms with van der Waals surface area (Å²) in [4.78, 5) is 28.3. The topological polar surface area (TPSA) is 84.7 Å². The highest BCUT2D eigenvalue weighted by Gasteiger charge is 2.05. The average molecular weight is 352 g/mol. The highest BCUT2D eigenvalue weighted by molar-refractivity contribution is 5.92. The van der Waals surface area contributed by atoms with Crippen molar-refractivity contribution in [1.29, 1.82) is 0 Å². The summed E-state index contributed by atoms with van der Waals surface area (Å²) in [6.07, 6.45) is 1.77. The normalized spacial score (nSPS) is 10.7. The standard InChI is InChI=1S/C19H20N4O3/c1-13-6-7-17-21-16(9-19(25)23(17)11-13)10-20-14-4-3-5-15(8-14)22-18(24)12-26-2/h3-9,11,20H,10,12H2,1-2H3,(H,22,24). The van der Waals surface area contributed by atoms with Gasteiger partial charge < -0.3 is 15.4 Å². The van der Waals surface area contributed by atoms with Gasteiger partial charge in [0.15, 0.2) is 0 Å². The molecular formula is C19H20N4O3. The van der Waals surface area contributed by atoms with Crippen LogP contribution in [-0.4, -0.2) is 29.0 Å². The second-order valence-electron chi connectivity index (χ2n) is 5.94. The van der Waals surface area contributed by atoms with Crippen LogP contribution >= 0.6 is 0 Å². The Kier molecular flexibility index (Phi) is 5.28. The SMILES string of the molecule is COCC(=O)Nc1cccc(NCc2cc(=O)n3cc(C)ccc3n2)c1. The van der Waals surface area contributed by atoms with Crippen LogP contribution in [0.3, 0.4) is 0 Å². The molecule has 134 valence electrons. The fraction of sp³-hybridized carbons (Fsp3) is 0.211. The minimum atomic E-state index is -0.218. The quantitative estimate of drug-likeness (QED) is 0.710. The molecule has 0 saturated carbocycles. The number of aryl methyl sites for hydroxylation is 1. The number of nitrogens with one attached hydrogen (secondary N) is 2. The van der Waals surface area contributed by atoms with E-state index in [9.17, 15) is 9.59 Å². The van der Waals surface area contributed by atoms with Crippen LogP contribution in [0.5, 0.6) is 0 Å². The van der Waals surface area contributed by atoms with Gasteiger partial charge in [0, 0.05) is 30.7 Å². The van der Waals surface area contributed by atoms with E-state index < -0.39 is 0 Å². The number of fused-ring (bicyclic) bond motifs is 1. The molecule has 0 saturated heterocycles. The molecule has 0 bridgehead atoms. The summed E-state index contributed by atoms with van der Waals surface area (Å²) in [5, 5.41) is 5.96. The first kappa shape index (κ1) is 17.6. The molecule has 0 fully saturated rings. The van der Waals surface area contributed by atoms with Gasteiger partial charge in [-0.15, -0.1) is 0 Å². The Morgan fingerprint density at radius 2 is 2.00 bits per heavy atom. The molecule has 3 aromatic rings. The molecule has 1 aromatic carbocycles. The van der Waals surface area contributed by atoms with Crippen LogP contribution in [0.25, 0.3) is 5.65 Å². The predicted octanol–water partition coefficient (Wildman–Crippen LogP) is 2.20. The van der Waals surface area contributed by atoms with Gasteiger partial charge in [0.2, 0.25) is 5.91 Å². The molecule has 1 amide bonds. The highest BCUT2D eigenvalue weighted by atomic mass is 16.5. The zero-order chi connectivity index (χ0) is 18.5. The summed E-state index contributed by atoms with van der Waals surface area (Å²) in [6.45, 7) is 2.33. The fourth-order valence-corrected chi connectivity index (χ4v) is 2.58. The van der Waals surface area contributed by atoms with E-state index in [0.29, 0.717) is 23.6 Å². The molecule has 0 aliphatic heterocycles. The van der Waals surface area contributed by atoms with E-state index in [-0.39, 0.29) is 18.1 Å². The van der Waals surface area contributed by atoms with Gasteiger partial charge in [-0.1, -0.05) is 12.1 Å². The number of carbonyl (C=O) groups excluding carboxylic acids is 1. The number of hydrogen-bond acceptors (Lipinski definition) is 5. The van der Waals surface area contributed by atoms with Crippen molar-refractivity contribution >= 4 is 22.9 Å². The van der Waals surface area contributed by atoms with Gasteiger partial charge in [-0.05, 0) is 36.8 Å². The van der Waals surface area contributed by atoms with Crippen molar-refractivity contribution in [2.24, 2.45) is 0 Å². The Morgan fingerprint density at radius 1 is 1.19 bits per heavy atom. The lowest BCUT2D eigenvalue weighted by Gasteiger charge is -2.10. The second-order valence-corrected chi connectivity index (χ2v) is 5.94. The third-order valence-electron chi connectivity index (χ3n) is 3.76. The maximum Gasteiger partial charge on any atom is 0.258 e. The minimum Gasteiger partial charge on any atom is -0.379 e. The molecule has 0 unspecified atom stereocenters. The summed E-state index contributed by atoms with van der Waals surface area (Å²) in [6, 6.07) is 12.6. The van der Waals surface area contributed by atoms with Gasteiger partial charge in [-0.25, -0.2) is 4.98 Å². The van der Waals surface area contributed by atoms with Gasteiger partial charge in [0.05, 0.1) is 12.2 Å². The summed E-state index contributed by atoms with van der Waals surface area (Å²) in [7, 11) is 1.47. The zero-order valence-electron chi connectivity index (χ0n) is 14.7. The summed E-state index contributed by atoms with van der Waals surface area (Å²) in [5.74, 6) is -0.218. The highest BCUT2D eigenvalue weighted by Crippen LogP contribution is 2.16. The molecule has 0 atom stereocenters. The smallest absolute Gasteiger partial charge is 0.258 e. The van der Waals surface area contributed by atoms with Crippen LogP contribution < -0.4 is 16.2 Å². The number of nitrogens with zero attached hydrogens (tertiary/aromatic N) is 2. The van der Waals surface area contributed by atoms with Crippen molar-refractivity contribution < 1.29 is 9.53 Å². The van der Waals surface area contributed by atoms with Gasteiger partial charge in [-0.3, -0.25) is 14.0 Å². The molecule has 0 radical (unpaired) electrons. The third-order valence-corrected chi connectivity index (χ3v) is 3.76. The largest absolute Gasteiger partial charge is 0.379 e. The van der Waals surface area contributed by atoms with E-state index in [2.05, 4.69) is 15.6 Å². The number of benzene rings is 1. The average Bonchev–Trinajstić information content (AvgIpc) is 2.61. The predicted molar refractivity (Wildman–Crippen MR) is 100 cm³/mol. The number of aromatic nitrogens is 2. The van der Waals surface area contributed by atoms with Crippen molar-refractivity contribution in [1.82, 2.24) is 9.38 Å². The van der Waals surface area contributed by atoms with E-state index in [1.165, 1.54) is 17.6 Å². The molecule has 0 aliphatic carbocycles. The van der Waals surface area contributed by atoms with Crippen LogP contribution in [0.2, 0.25) is 0 Å². The Hall–Kier alpha value is -3.19. The number of rotatable bonds is 6. The van der Waals surface area contributed by atoms with E-state index >= 15 is 0 Å². The van der Waals surface area contributed by atoms with Crippen LogP contribution in [0.4, 0.5) is 11.4 Å². The number of hydrogen-bond donors (Lipinski definition) is 2. The van der Waals surface area contributed by atoms with Crippen LogP contribution in [-0.2, 0) is 16.1 Å². The number of amides is 1. The molecule has 26 heavy (non-hydrogen) atoms. The van der Waals surface area contributed by atoms with Crippen molar-refractivity contribution in [3.8, 4) is 0 Å². The number of carbonyl (C=O) groups is 1. The molecule has 2 N–H and O–H groups in total. The van der Waals surface area contributed by atoms with Crippen LogP contribution in [0.1, 0.15) is 11.3 Å². The molecule has 0 aliphatic rings. The monoisotopic (exact) mass is 352 g/mol. The van der Waals surface area contributed by atoms with Gasteiger partial charge in [0.25, 0.3) is 5.56 Å². The Labute approximate surface area is 150 Å². The second kappa shape index (κ2) is 7.79. The van der Waals surface area contributed by atoms with Crippen molar-refractivity contribution in [3.05, 3.63) is 70.3 Å².